The van der Waals surface area contributed by atoms with Crippen molar-refractivity contribution in [3.63, 3.8) is 0 Å². The molecule has 1 aliphatic carbocycles. The maximum Gasteiger partial charge on any atom is 0.0417 e. The van der Waals surface area contributed by atoms with E-state index in [1.165, 1.54) is 49.0 Å². The van der Waals surface area contributed by atoms with Crippen LogP contribution in [0.15, 0.2) is 6.07 Å². The fourth-order valence-corrected chi connectivity index (χ4v) is 4.28. The fourth-order valence-electron chi connectivity index (χ4n) is 3.12. The van der Waals surface area contributed by atoms with Gasteiger partial charge >= 0.3 is 0 Å². The van der Waals surface area contributed by atoms with Gasteiger partial charge in [-0.2, -0.15) is 0 Å². The van der Waals surface area contributed by atoms with Crippen molar-refractivity contribution >= 4 is 11.3 Å². The molecule has 1 aromatic heterocycles. The molecule has 1 fully saturated rings. The summed E-state index contributed by atoms with van der Waals surface area (Å²) in [7, 11) is 2.11. The van der Waals surface area contributed by atoms with Gasteiger partial charge in [0.05, 0.1) is 0 Å². The van der Waals surface area contributed by atoms with Crippen molar-refractivity contribution in [2.45, 2.75) is 58.4 Å². The Morgan fingerprint density at radius 2 is 2.00 bits per heavy atom. The van der Waals surface area contributed by atoms with Gasteiger partial charge in [-0.3, -0.25) is 0 Å². The van der Waals surface area contributed by atoms with Gasteiger partial charge in [0.2, 0.25) is 0 Å². The number of nitrogens with one attached hydrogen (secondary N) is 1. The van der Waals surface area contributed by atoms with Crippen molar-refractivity contribution in [3.8, 4) is 0 Å². The summed E-state index contributed by atoms with van der Waals surface area (Å²) < 4.78 is 0. The molecule has 1 nitrogen and oxygen atoms in total. The van der Waals surface area contributed by atoms with Crippen LogP contribution in [0.2, 0.25) is 0 Å². The second-order valence-electron chi connectivity index (χ2n) is 5.49. The number of aryl methyl sites for hydroxylation is 2. The fraction of sp³-hybridized carbons (Fsp3) is 0.733. The van der Waals surface area contributed by atoms with Crippen LogP contribution >= 0.6 is 11.3 Å². The van der Waals surface area contributed by atoms with E-state index in [1.54, 1.807) is 4.88 Å². The van der Waals surface area contributed by atoms with Crippen molar-refractivity contribution < 1.29 is 0 Å². The lowest BCUT2D eigenvalue weighted by atomic mass is 9.84. The van der Waals surface area contributed by atoms with Gasteiger partial charge in [-0.05, 0) is 44.9 Å². The van der Waals surface area contributed by atoms with Crippen LogP contribution in [0, 0.1) is 19.8 Å². The van der Waals surface area contributed by atoms with Gasteiger partial charge in [-0.15, -0.1) is 11.3 Å². The first-order valence-electron chi connectivity index (χ1n) is 6.95. The molecule has 96 valence electrons. The van der Waals surface area contributed by atoms with Crippen LogP contribution < -0.4 is 5.32 Å². The molecule has 1 N–H and O–H groups in total. The van der Waals surface area contributed by atoms with Crippen molar-refractivity contribution in [2.75, 3.05) is 7.05 Å². The predicted molar refractivity (Wildman–Crippen MR) is 76.8 cm³/mol. The predicted octanol–water partition coefficient (Wildman–Crippen LogP) is 4.60. The van der Waals surface area contributed by atoms with E-state index in [0.717, 1.165) is 5.92 Å². The zero-order chi connectivity index (χ0) is 12.3. The molecule has 17 heavy (non-hydrogen) atoms. The third-order valence-electron chi connectivity index (χ3n) is 4.04. The lowest BCUT2D eigenvalue weighted by Crippen LogP contribution is -2.21. The van der Waals surface area contributed by atoms with Gasteiger partial charge in [0.25, 0.3) is 0 Å². The molecule has 1 aliphatic rings. The lowest BCUT2D eigenvalue weighted by molar-refractivity contribution is 0.307. The van der Waals surface area contributed by atoms with Crippen molar-refractivity contribution in [1.29, 1.82) is 0 Å². The number of thiophene rings is 1. The summed E-state index contributed by atoms with van der Waals surface area (Å²) in [5.74, 6) is 0.947. The Bertz CT molecular complexity index is 350. The van der Waals surface area contributed by atoms with E-state index in [2.05, 4.69) is 32.3 Å². The van der Waals surface area contributed by atoms with E-state index in [9.17, 15) is 0 Å². The van der Waals surface area contributed by atoms with Crippen LogP contribution in [0.25, 0.3) is 0 Å². The first-order chi connectivity index (χ1) is 8.20. The molecule has 1 aromatic rings. The molecule has 1 atom stereocenters. The minimum absolute atomic E-state index is 0.580. The molecular formula is C15H25NS. The van der Waals surface area contributed by atoms with E-state index in [-0.39, 0.29) is 0 Å². The lowest BCUT2D eigenvalue weighted by Gasteiger charge is -2.26. The highest BCUT2D eigenvalue weighted by atomic mass is 32.1. The largest absolute Gasteiger partial charge is 0.312 e. The Morgan fingerprint density at radius 1 is 1.29 bits per heavy atom. The van der Waals surface area contributed by atoms with E-state index < -0.39 is 0 Å². The van der Waals surface area contributed by atoms with Gasteiger partial charge in [-0.25, -0.2) is 0 Å². The average molecular weight is 251 g/mol. The Kier molecular flexibility index (Phi) is 4.63. The quantitative estimate of drug-likeness (QED) is 0.825. The molecule has 0 radical (unpaired) electrons. The molecule has 1 heterocycles. The molecule has 0 bridgehead atoms. The first-order valence-corrected chi connectivity index (χ1v) is 7.76. The number of rotatable bonds is 4. The molecule has 0 saturated heterocycles. The molecule has 0 amide bonds. The summed E-state index contributed by atoms with van der Waals surface area (Å²) in [6.45, 7) is 4.47. The van der Waals surface area contributed by atoms with Gasteiger partial charge in [0, 0.05) is 15.8 Å². The zero-order valence-electron chi connectivity index (χ0n) is 11.4. The molecule has 0 spiro atoms. The Balaban J connectivity index is 2.02. The average Bonchev–Trinajstić information content (AvgIpc) is 2.67. The van der Waals surface area contributed by atoms with Crippen LogP contribution in [0.1, 0.15) is 59.9 Å². The second kappa shape index (κ2) is 6.01. The van der Waals surface area contributed by atoms with Crippen molar-refractivity contribution in [3.05, 3.63) is 21.4 Å². The van der Waals surface area contributed by atoms with E-state index in [0.29, 0.717) is 6.04 Å². The monoisotopic (exact) mass is 251 g/mol. The highest BCUT2D eigenvalue weighted by molar-refractivity contribution is 7.12. The Labute approximate surface area is 110 Å². The topological polar surface area (TPSA) is 12.0 Å². The van der Waals surface area contributed by atoms with Crippen LogP contribution in [-0.4, -0.2) is 7.05 Å². The van der Waals surface area contributed by atoms with Crippen LogP contribution in [0.5, 0.6) is 0 Å². The number of hydrogen-bond donors (Lipinski definition) is 1. The second-order valence-corrected chi connectivity index (χ2v) is 6.77. The van der Waals surface area contributed by atoms with Gasteiger partial charge in [-0.1, -0.05) is 32.1 Å². The summed E-state index contributed by atoms with van der Waals surface area (Å²) in [4.78, 5) is 3.01. The third kappa shape index (κ3) is 3.32. The maximum atomic E-state index is 3.53. The number of hydrogen-bond acceptors (Lipinski definition) is 2. The molecule has 1 unspecified atom stereocenters. The molecule has 0 aromatic carbocycles. The van der Waals surface area contributed by atoms with Gasteiger partial charge in [0.1, 0.15) is 0 Å². The first kappa shape index (κ1) is 13.1. The van der Waals surface area contributed by atoms with Crippen molar-refractivity contribution in [1.82, 2.24) is 5.32 Å². The smallest absolute Gasteiger partial charge is 0.0417 e. The van der Waals surface area contributed by atoms with Crippen molar-refractivity contribution in [2.24, 2.45) is 5.92 Å². The molecular weight excluding hydrogens is 226 g/mol. The summed E-state index contributed by atoms with van der Waals surface area (Å²) >= 11 is 1.97. The van der Waals surface area contributed by atoms with E-state index >= 15 is 0 Å². The zero-order valence-corrected chi connectivity index (χ0v) is 12.2. The molecule has 0 aliphatic heterocycles. The van der Waals surface area contributed by atoms with Crippen LogP contribution in [-0.2, 0) is 0 Å². The standard InChI is InChI=1S/C15H25NS/c1-11-9-12(2)17-15(11)14(16-3)10-13-7-5-4-6-8-13/h9,13-14,16H,4-8,10H2,1-3H3. The summed E-state index contributed by atoms with van der Waals surface area (Å²) in [6, 6.07) is 2.90. The maximum absolute atomic E-state index is 3.53. The third-order valence-corrected chi connectivity index (χ3v) is 5.30. The summed E-state index contributed by atoms with van der Waals surface area (Å²) in [6.07, 6.45) is 8.57. The minimum Gasteiger partial charge on any atom is -0.312 e. The molecule has 2 heteroatoms. The van der Waals surface area contributed by atoms with E-state index in [4.69, 9.17) is 0 Å². The highest BCUT2D eigenvalue weighted by Crippen LogP contribution is 2.35. The van der Waals surface area contributed by atoms with Crippen LogP contribution in [0.3, 0.4) is 0 Å². The SMILES string of the molecule is CNC(CC1CCCCC1)c1sc(C)cc1C. The van der Waals surface area contributed by atoms with Crippen LogP contribution in [0.4, 0.5) is 0 Å². The minimum atomic E-state index is 0.580. The Hall–Kier alpha value is -0.340. The van der Waals surface area contributed by atoms with Gasteiger partial charge < -0.3 is 5.32 Å². The van der Waals surface area contributed by atoms with E-state index in [1.807, 2.05) is 11.3 Å². The molecule has 2 rings (SSSR count). The molecule has 1 saturated carbocycles. The highest BCUT2D eigenvalue weighted by Gasteiger charge is 2.21. The van der Waals surface area contributed by atoms with Gasteiger partial charge in [0.15, 0.2) is 0 Å². The normalized spacial score (nSPS) is 19.5. The summed E-state index contributed by atoms with van der Waals surface area (Å²) in [5, 5.41) is 3.53. The summed E-state index contributed by atoms with van der Waals surface area (Å²) in [5.41, 5.74) is 1.47. The Morgan fingerprint density at radius 3 is 2.53 bits per heavy atom.